The zero-order valence-electron chi connectivity index (χ0n) is 14.8. The highest BCUT2D eigenvalue weighted by atomic mass is 19.4. The summed E-state index contributed by atoms with van der Waals surface area (Å²) in [6, 6.07) is 3.73. The minimum Gasteiger partial charge on any atom is -0.355 e. The molecule has 0 saturated carbocycles. The molecular weight excluding hydrogens is 392 g/mol. The fourth-order valence-corrected chi connectivity index (χ4v) is 2.38. The Bertz CT molecular complexity index is 852. The van der Waals surface area contributed by atoms with E-state index in [1.807, 2.05) is 0 Å². The summed E-state index contributed by atoms with van der Waals surface area (Å²) in [5, 5.41) is 12.4. The van der Waals surface area contributed by atoms with Crippen molar-refractivity contribution in [1.82, 2.24) is 15.0 Å². The molecular formula is C16H15F6N5O. The third kappa shape index (κ3) is 5.85. The lowest BCUT2D eigenvalue weighted by Crippen LogP contribution is -2.34. The van der Waals surface area contributed by atoms with Gasteiger partial charge in [0.15, 0.2) is 5.82 Å². The van der Waals surface area contributed by atoms with Crippen LogP contribution in [0, 0.1) is 11.3 Å². The summed E-state index contributed by atoms with van der Waals surface area (Å²) in [5.41, 5.74) is -2.38. The molecule has 28 heavy (non-hydrogen) atoms. The molecule has 152 valence electrons. The van der Waals surface area contributed by atoms with Crippen molar-refractivity contribution in [3.63, 3.8) is 0 Å². The number of halogens is 6. The summed E-state index contributed by atoms with van der Waals surface area (Å²) in [6.45, 7) is -1.81. The van der Waals surface area contributed by atoms with Crippen molar-refractivity contribution in [2.24, 2.45) is 0 Å². The number of hydrogen-bond acceptors (Lipinski definition) is 6. The molecule has 0 aliphatic rings. The van der Waals surface area contributed by atoms with Gasteiger partial charge < -0.3 is 14.3 Å². The molecule has 0 spiro atoms. The van der Waals surface area contributed by atoms with E-state index in [-0.39, 0.29) is 23.9 Å². The van der Waals surface area contributed by atoms with Crippen LogP contribution in [0.5, 0.6) is 0 Å². The third-order valence-corrected chi connectivity index (χ3v) is 3.46. The summed E-state index contributed by atoms with van der Waals surface area (Å²) in [4.78, 5) is 6.28. The van der Waals surface area contributed by atoms with Crippen LogP contribution in [0.1, 0.15) is 22.8 Å². The number of alkyl halides is 6. The quantitative estimate of drug-likeness (QED) is 0.682. The van der Waals surface area contributed by atoms with Gasteiger partial charge in [0.2, 0.25) is 5.89 Å². The Kier molecular flexibility index (Phi) is 6.18. The number of nitriles is 1. The average molecular weight is 407 g/mol. The zero-order chi connectivity index (χ0) is 21.1. The molecule has 12 heteroatoms. The van der Waals surface area contributed by atoms with E-state index in [2.05, 4.69) is 10.1 Å². The molecule has 0 radical (unpaired) electrons. The second-order valence-corrected chi connectivity index (χ2v) is 6.15. The van der Waals surface area contributed by atoms with Crippen LogP contribution in [0.4, 0.5) is 32.0 Å². The van der Waals surface area contributed by atoms with Gasteiger partial charge in [0, 0.05) is 5.69 Å². The molecule has 0 unspecified atom stereocenters. The predicted molar refractivity (Wildman–Crippen MR) is 85.0 cm³/mol. The van der Waals surface area contributed by atoms with E-state index in [1.165, 1.54) is 6.07 Å². The first-order chi connectivity index (χ1) is 12.9. The Balaban J connectivity index is 2.38. The largest absolute Gasteiger partial charge is 0.417 e. The SMILES string of the molecule is CN(C)Cc1nc(CN(CC(F)(F)F)c2ccc(C#N)c(C(F)(F)F)c2)no1. The van der Waals surface area contributed by atoms with Gasteiger partial charge in [-0.1, -0.05) is 5.16 Å². The smallest absolute Gasteiger partial charge is 0.355 e. The molecule has 0 N–H and O–H groups in total. The monoisotopic (exact) mass is 407 g/mol. The molecule has 1 aromatic heterocycles. The molecule has 2 rings (SSSR count). The van der Waals surface area contributed by atoms with Crippen molar-refractivity contribution in [1.29, 1.82) is 5.26 Å². The number of nitrogens with zero attached hydrogens (tertiary/aromatic N) is 5. The van der Waals surface area contributed by atoms with Gasteiger partial charge in [-0.15, -0.1) is 0 Å². The van der Waals surface area contributed by atoms with Gasteiger partial charge >= 0.3 is 12.4 Å². The Morgan fingerprint density at radius 2 is 1.79 bits per heavy atom. The first kappa shape index (κ1) is 21.5. The summed E-state index contributed by atoms with van der Waals surface area (Å²) in [6.07, 6.45) is -9.58. The molecule has 0 atom stereocenters. The molecule has 6 nitrogen and oxygen atoms in total. The number of aromatic nitrogens is 2. The van der Waals surface area contributed by atoms with Crippen molar-refractivity contribution < 1.29 is 30.9 Å². The van der Waals surface area contributed by atoms with E-state index < -0.39 is 36.6 Å². The second-order valence-electron chi connectivity index (χ2n) is 6.15. The molecule has 0 bridgehead atoms. The maximum absolute atomic E-state index is 13.1. The van der Waals surface area contributed by atoms with Crippen LogP contribution in [0.3, 0.4) is 0 Å². The molecule has 2 aromatic rings. The first-order valence-corrected chi connectivity index (χ1v) is 7.78. The molecule has 0 aliphatic carbocycles. The van der Waals surface area contributed by atoms with Crippen molar-refractivity contribution in [2.45, 2.75) is 25.4 Å². The third-order valence-electron chi connectivity index (χ3n) is 3.46. The zero-order valence-corrected chi connectivity index (χ0v) is 14.8. The van der Waals surface area contributed by atoms with Crippen LogP contribution < -0.4 is 4.90 Å². The Hall–Kier alpha value is -2.81. The van der Waals surface area contributed by atoms with Crippen molar-refractivity contribution in [3.05, 3.63) is 41.0 Å². The molecule has 0 aliphatic heterocycles. The first-order valence-electron chi connectivity index (χ1n) is 7.78. The van der Waals surface area contributed by atoms with E-state index in [0.717, 1.165) is 12.1 Å². The highest BCUT2D eigenvalue weighted by molar-refractivity contribution is 5.55. The molecule has 0 fully saturated rings. The minimum absolute atomic E-state index is 0.112. The number of rotatable bonds is 6. The van der Waals surface area contributed by atoms with Gasteiger partial charge in [0.05, 0.1) is 30.3 Å². The van der Waals surface area contributed by atoms with E-state index in [4.69, 9.17) is 9.78 Å². The number of hydrogen-bond donors (Lipinski definition) is 0. The van der Waals surface area contributed by atoms with Gasteiger partial charge in [-0.25, -0.2) is 0 Å². The Morgan fingerprint density at radius 1 is 1.11 bits per heavy atom. The van der Waals surface area contributed by atoms with Gasteiger partial charge in [-0.2, -0.15) is 36.6 Å². The van der Waals surface area contributed by atoms with E-state index in [9.17, 15) is 26.3 Å². The lowest BCUT2D eigenvalue weighted by molar-refractivity contribution is -0.137. The summed E-state index contributed by atoms with van der Waals surface area (Å²) < 4.78 is 83.2. The van der Waals surface area contributed by atoms with Crippen LogP contribution in [0.15, 0.2) is 22.7 Å². The number of benzene rings is 1. The summed E-state index contributed by atoms with van der Waals surface area (Å²) in [7, 11) is 3.44. The minimum atomic E-state index is -4.89. The highest BCUT2D eigenvalue weighted by Crippen LogP contribution is 2.35. The van der Waals surface area contributed by atoms with Crippen LogP contribution in [0.2, 0.25) is 0 Å². The maximum atomic E-state index is 13.1. The van der Waals surface area contributed by atoms with Crippen LogP contribution in [-0.2, 0) is 19.3 Å². The van der Waals surface area contributed by atoms with Gasteiger partial charge in [-0.3, -0.25) is 0 Å². The van der Waals surface area contributed by atoms with E-state index >= 15 is 0 Å². The van der Waals surface area contributed by atoms with E-state index in [0.29, 0.717) is 11.0 Å². The van der Waals surface area contributed by atoms with Crippen LogP contribution >= 0.6 is 0 Å². The van der Waals surface area contributed by atoms with E-state index in [1.54, 1.807) is 19.0 Å². The number of anilines is 1. The standard InChI is InChI=1S/C16H15F6N5O/c1-26(2)8-14-24-13(25-28-14)7-27(9-15(17,18)19)11-4-3-10(6-23)12(5-11)16(20,21)22/h3-5H,7-9H2,1-2H3. The van der Waals surface area contributed by atoms with Crippen molar-refractivity contribution >= 4 is 5.69 Å². The van der Waals surface area contributed by atoms with Gasteiger partial charge in [0.25, 0.3) is 0 Å². The Labute approximate surface area is 155 Å². The lowest BCUT2D eigenvalue weighted by Gasteiger charge is -2.25. The van der Waals surface area contributed by atoms with Crippen LogP contribution in [-0.4, -0.2) is 41.9 Å². The highest BCUT2D eigenvalue weighted by Gasteiger charge is 2.36. The van der Waals surface area contributed by atoms with Crippen LogP contribution in [0.25, 0.3) is 0 Å². The fourth-order valence-electron chi connectivity index (χ4n) is 2.38. The van der Waals surface area contributed by atoms with Gasteiger partial charge in [0.1, 0.15) is 6.54 Å². The molecule has 0 amide bonds. The van der Waals surface area contributed by atoms with Crippen molar-refractivity contribution in [3.8, 4) is 6.07 Å². The molecule has 1 aromatic carbocycles. The molecule has 0 saturated heterocycles. The topological polar surface area (TPSA) is 69.2 Å². The average Bonchev–Trinajstić information content (AvgIpc) is 2.97. The molecule has 1 heterocycles. The van der Waals surface area contributed by atoms with Crippen molar-refractivity contribution in [2.75, 3.05) is 25.5 Å². The maximum Gasteiger partial charge on any atom is 0.417 e. The second kappa shape index (κ2) is 8.05. The predicted octanol–water partition coefficient (Wildman–Crippen LogP) is 3.59. The lowest BCUT2D eigenvalue weighted by atomic mass is 10.1. The van der Waals surface area contributed by atoms with Gasteiger partial charge in [-0.05, 0) is 32.3 Å². The fraction of sp³-hybridized carbons (Fsp3) is 0.438. The summed E-state index contributed by atoms with van der Waals surface area (Å²) in [5.74, 6) is 0.0433. The Morgan fingerprint density at radius 3 is 2.32 bits per heavy atom. The normalized spacial score (nSPS) is 12.3. The summed E-state index contributed by atoms with van der Waals surface area (Å²) >= 11 is 0.